The molecule has 4 rings (SSSR count). The van der Waals surface area contributed by atoms with Crippen LogP contribution in [0.5, 0.6) is 0 Å². The molecule has 1 heterocycles. The van der Waals surface area contributed by atoms with Gasteiger partial charge in [-0.2, -0.15) is 0 Å². The third kappa shape index (κ3) is 6.17. The maximum Gasteiger partial charge on any atom is 0.417 e. The first-order chi connectivity index (χ1) is 19.4. The van der Waals surface area contributed by atoms with Crippen LogP contribution in [0.4, 0.5) is 9.18 Å². The number of imide groups is 1. The number of nitrogens with zero attached hydrogens (tertiary/aromatic N) is 1. The van der Waals surface area contributed by atoms with Crippen LogP contribution in [0.15, 0.2) is 96.6 Å². The van der Waals surface area contributed by atoms with Crippen molar-refractivity contribution in [1.29, 1.82) is 0 Å². The van der Waals surface area contributed by atoms with E-state index in [0.717, 1.165) is 15.5 Å². The SMILES string of the molecule is CCOC(=O)C(NP(=S)(c1ccccc1)c1ccccc1)(C1=CCN(C(=O)OC(C)(C)C)C1=O)c1ccc(F)cc1. The quantitative estimate of drug-likeness (QED) is 0.293. The minimum atomic E-state index is -3.10. The fraction of sp³-hybridized carbons (Fsp3) is 0.258. The number of nitrogens with one attached hydrogen (secondary N) is 1. The van der Waals surface area contributed by atoms with Gasteiger partial charge in [0.05, 0.1) is 24.9 Å². The lowest BCUT2D eigenvalue weighted by atomic mass is 9.83. The zero-order chi connectivity index (χ0) is 29.8. The highest BCUT2D eigenvalue weighted by Crippen LogP contribution is 2.48. The highest BCUT2D eigenvalue weighted by molar-refractivity contribution is 8.21. The van der Waals surface area contributed by atoms with Crippen molar-refractivity contribution in [1.82, 2.24) is 9.99 Å². The van der Waals surface area contributed by atoms with E-state index in [1.165, 1.54) is 30.3 Å². The standard InChI is InChI=1S/C31H32FN2O5PS/c1-5-38-28(36)31(22-16-18-23(32)19-17-22,26-20-21-34(27(26)35)29(37)39-30(2,3)4)33-40(41,24-12-8-6-9-13-24)25-14-10-7-11-15-25/h6-20H,5,21H2,1-4H3,(H,33,41). The van der Waals surface area contributed by atoms with Crippen molar-refractivity contribution >= 4 is 46.6 Å². The van der Waals surface area contributed by atoms with E-state index in [1.807, 2.05) is 60.7 Å². The van der Waals surface area contributed by atoms with Gasteiger partial charge in [0.1, 0.15) is 11.4 Å². The largest absolute Gasteiger partial charge is 0.464 e. The summed E-state index contributed by atoms with van der Waals surface area (Å²) in [6, 6.07) is 23.8. The molecule has 0 fully saturated rings. The second kappa shape index (κ2) is 12.1. The minimum absolute atomic E-state index is 0.000254. The smallest absolute Gasteiger partial charge is 0.417 e. The first-order valence-electron chi connectivity index (χ1n) is 13.1. The first-order valence-corrected chi connectivity index (χ1v) is 15.9. The normalized spacial score (nSPS) is 15.2. The number of halogens is 1. The molecule has 41 heavy (non-hydrogen) atoms. The molecule has 0 aromatic heterocycles. The molecule has 3 aromatic rings. The number of hydrogen-bond acceptors (Lipinski definition) is 6. The monoisotopic (exact) mass is 594 g/mol. The van der Waals surface area contributed by atoms with Crippen LogP contribution in [0.2, 0.25) is 0 Å². The summed E-state index contributed by atoms with van der Waals surface area (Å²) >= 11 is 6.41. The number of benzene rings is 3. The van der Waals surface area contributed by atoms with Crippen molar-refractivity contribution < 1.29 is 28.2 Å². The minimum Gasteiger partial charge on any atom is -0.464 e. The molecule has 0 aliphatic carbocycles. The molecule has 1 N–H and O–H groups in total. The van der Waals surface area contributed by atoms with E-state index in [2.05, 4.69) is 5.09 Å². The molecule has 0 radical (unpaired) electrons. The molecule has 0 spiro atoms. The lowest BCUT2D eigenvalue weighted by molar-refractivity contribution is -0.150. The van der Waals surface area contributed by atoms with E-state index in [0.29, 0.717) is 0 Å². The van der Waals surface area contributed by atoms with Crippen molar-refractivity contribution in [2.24, 2.45) is 0 Å². The fourth-order valence-electron chi connectivity index (χ4n) is 4.57. The average molecular weight is 595 g/mol. The number of carbonyl (C=O) groups is 3. The Balaban J connectivity index is 1.97. The third-order valence-electron chi connectivity index (χ3n) is 6.40. The Kier molecular flexibility index (Phi) is 8.92. The summed E-state index contributed by atoms with van der Waals surface area (Å²) in [7, 11) is 0. The van der Waals surface area contributed by atoms with Crippen molar-refractivity contribution in [3.63, 3.8) is 0 Å². The Morgan fingerprint density at radius 1 is 0.951 bits per heavy atom. The van der Waals surface area contributed by atoms with E-state index in [9.17, 15) is 18.8 Å². The molecular formula is C31H32FN2O5PS. The molecular weight excluding hydrogens is 562 g/mol. The van der Waals surface area contributed by atoms with Gasteiger partial charge in [-0.25, -0.2) is 18.9 Å². The fourth-order valence-corrected chi connectivity index (χ4v) is 8.26. The summed E-state index contributed by atoms with van der Waals surface area (Å²) in [4.78, 5) is 42.1. The molecule has 1 aliphatic heterocycles. The Bertz CT molecular complexity index is 1460. The molecule has 0 saturated carbocycles. The molecule has 0 saturated heterocycles. The third-order valence-corrected chi connectivity index (χ3v) is 10.6. The van der Waals surface area contributed by atoms with E-state index in [1.54, 1.807) is 27.7 Å². The Labute approximate surface area is 244 Å². The van der Waals surface area contributed by atoms with Gasteiger partial charge in [-0.15, -0.1) is 0 Å². The van der Waals surface area contributed by atoms with Crippen molar-refractivity contribution in [3.8, 4) is 0 Å². The van der Waals surface area contributed by atoms with Crippen LogP contribution < -0.4 is 15.7 Å². The van der Waals surface area contributed by atoms with Crippen molar-refractivity contribution in [3.05, 3.63) is 108 Å². The predicted octanol–water partition coefficient (Wildman–Crippen LogP) is 4.92. The number of esters is 1. The lowest BCUT2D eigenvalue weighted by Crippen LogP contribution is -2.55. The molecule has 1 aliphatic rings. The van der Waals surface area contributed by atoms with Gasteiger partial charge in [0.15, 0.2) is 5.54 Å². The Hall–Kier alpha value is -3.65. The van der Waals surface area contributed by atoms with Gasteiger partial charge >= 0.3 is 12.1 Å². The van der Waals surface area contributed by atoms with Gasteiger partial charge < -0.3 is 9.47 Å². The zero-order valence-electron chi connectivity index (χ0n) is 23.3. The van der Waals surface area contributed by atoms with Crippen molar-refractivity contribution in [2.45, 2.75) is 38.8 Å². The van der Waals surface area contributed by atoms with E-state index in [4.69, 9.17) is 21.3 Å². The van der Waals surface area contributed by atoms with Gasteiger partial charge in [-0.05, 0) is 45.4 Å². The number of amides is 2. The number of hydrogen-bond donors (Lipinski definition) is 1. The number of carbonyl (C=O) groups excluding carboxylic acids is 3. The molecule has 7 nitrogen and oxygen atoms in total. The molecule has 1 unspecified atom stereocenters. The van der Waals surface area contributed by atoms with Gasteiger partial charge in [-0.1, -0.05) is 90.7 Å². The molecule has 10 heteroatoms. The van der Waals surface area contributed by atoms with Crippen LogP contribution >= 0.6 is 6.19 Å². The summed E-state index contributed by atoms with van der Waals surface area (Å²) in [5, 5.41) is 4.90. The molecule has 2 amide bonds. The van der Waals surface area contributed by atoms with Crippen LogP contribution in [0.25, 0.3) is 0 Å². The van der Waals surface area contributed by atoms with Gasteiger partial charge in [0.2, 0.25) is 0 Å². The van der Waals surface area contributed by atoms with Crippen LogP contribution in [-0.2, 0) is 36.4 Å². The Morgan fingerprint density at radius 3 is 1.98 bits per heavy atom. The van der Waals surface area contributed by atoms with Gasteiger partial charge in [-0.3, -0.25) is 9.88 Å². The molecule has 0 bridgehead atoms. The van der Waals surface area contributed by atoms with Gasteiger partial charge in [0.25, 0.3) is 5.91 Å². The molecule has 3 aromatic carbocycles. The molecule has 1 atom stereocenters. The van der Waals surface area contributed by atoms with Crippen LogP contribution in [0.3, 0.4) is 0 Å². The zero-order valence-corrected chi connectivity index (χ0v) is 25.0. The van der Waals surface area contributed by atoms with Crippen molar-refractivity contribution in [2.75, 3.05) is 13.2 Å². The lowest BCUT2D eigenvalue weighted by Gasteiger charge is -2.39. The summed E-state index contributed by atoms with van der Waals surface area (Å²) in [5.41, 5.74) is -2.66. The van der Waals surface area contributed by atoms with Crippen LogP contribution in [0.1, 0.15) is 33.3 Å². The average Bonchev–Trinajstić information content (AvgIpc) is 3.34. The topological polar surface area (TPSA) is 84.9 Å². The molecule has 214 valence electrons. The maximum absolute atomic E-state index is 14.2. The van der Waals surface area contributed by atoms with Crippen LogP contribution in [0, 0.1) is 5.82 Å². The van der Waals surface area contributed by atoms with Crippen LogP contribution in [-0.4, -0.2) is 41.6 Å². The van der Waals surface area contributed by atoms with E-state index < -0.39 is 41.1 Å². The number of ether oxygens (including phenoxy) is 2. The summed E-state index contributed by atoms with van der Waals surface area (Å²) < 4.78 is 25.2. The predicted molar refractivity (Wildman–Crippen MR) is 160 cm³/mol. The summed E-state index contributed by atoms with van der Waals surface area (Å²) in [6.45, 7) is 6.60. The highest BCUT2D eigenvalue weighted by Gasteiger charge is 2.54. The Morgan fingerprint density at radius 2 is 1.49 bits per heavy atom. The second-order valence-corrected chi connectivity index (χ2v) is 14.5. The maximum atomic E-state index is 14.2. The van der Waals surface area contributed by atoms with E-state index in [-0.39, 0.29) is 24.3 Å². The summed E-state index contributed by atoms with van der Waals surface area (Å²) in [5.74, 6) is -2.08. The summed E-state index contributed by atoms with van der Waals surface area (Å²) in [6.07, 6.45) is -2.45. The number of rotatable bonds is 8. The highest BCUT2D eigenvalue weighted by atomic mass is 32.4. The van der Waals surface area contributed by atoms with E-state index >= 15 is 0 Å². The first kappa shape index (κ1) is 30.3. The van der Waals surface area contributed by atoms with Gasteiger partial charge in [0, 0.05) is 10.6 Å². The second-order valence-electron chi connectivity index (χ2n) is 10.4.